The number of unbranched alkanes of at least 4 members (excludes halogenated alkanes) is 7. The molecule has 0 bridgehead atoms. The molecule has 0 aliphatic carbocycles. The predicted molar refractivity (Wildman–Crippen MR) is 177 cm³/mol. The first-order valence-corrected chi connectivity index (χ1v) is 17.6. The summed E-state index contributed by atoms with van der Waals surface area (Å²) in [6, 6.07) is 26.4. The minimum atomic E-state index is -3.89. The lowest BCUT2D eigenvalue weighted by atomic mass is 10.1. The van der Waals surface area contributed by atoms with Crippen LogP contribution in [0.15, 0.2) is 91.0 Å². The molecule has 3 aromatic carbocycles. The van der Waals surface area contributed by atoms with Gasteiger partial charge in [0.05, 0.1) is 13.2 Å². The van der Waals surface area contributed by atoms with Gasteiger partial charge in [0, 0.05) is 12.8 Å². The van der Waals surface area contributed by atoms with Gasteiger partial charge in [-0.2, -0.15) is 4.57 Å². The van der Waals surface area contributed by atoms with Gasteiger partial charge in [-0.15, -0.1) is 0 Å². The van der Waals surface area contributed by atoms with Crippen molar-refractivity contribution >= 4 is 19.8 Å². The number of rotatable bonds is 21. The molecule has 0 radical (unpaired) electrons. The Morgan fingerprint density at radius 3 is 1.11 bits per heavy atom. The number of benzene rings is 3. The van der Waals surface area contributed by atoms with E-state index in [-0.39, 0.29) is 11.9 Å². The van der Waals surface area contributed by atoms with Crippen LogP contribution in [0, 0.1) is 0 Å². The molecule has 0 spiro atoms. The Hall–Kier alpha value is -3.77. The summed E-state index contributed by atoms with van der Waals surface area (Å²) in [6.45, 7) is 5.28. The van der Waals surface area contributed by atoms with E-state index in [2.05, 4.69) is 13.8 Å². The van der Waals surface area contributed by atoms with Crippen molar-refractivity contribution in [2.24, 2.45) is 0 Å². The zero-order valence-electron chi connectivity index (χ0n) is 26.8. The summed E-state index contributed by atoms with van der Waals surface area (Å²) >= 11 is 0. The zero-order valence-corrected chi connectivity index (χ0v) is 27.7. The summed E-state index contributed by atoms with van der Waals surface area (Å²) in [5.74, 6) is 1.08. The second-order valence-corrected chi connectivity index (χ2v) is 11.9. The van der Waals surface area contributed by atoms with E-state index in [0.29, 0.717) is 43.3 Å². The Bertz CT molecular complexity index is 1090. The van der Waals surface area contributed by atoms with E-state index in [1.54, 1.807) is 72.8 Å². The Morgan fingerprint density at radius 2 is 0.800 bits per heavy atom. The number of carbonyl (C=O) groups excluding carboxylic acids is 2. The van der Waals surface area contributed by atoms with Crippen LogP contribution in [0.4, 0.5) is 0 Å². The van der Waals surface area contributed by atoms with Crippen LogP contribution < -0.4 is 13.6 Å². The highest BCUT2D eigenvalue weighted by Crippen LogP contribution is 2.49. The molecule has 0 fully saturated rings. The average Bonchev–Trinajstić information content (AvgIpc) is 3.04. The molecule has 8 nitrogen and oxygen atoms in total. The van der Waals surface area contributed by atoms with E-state index in [0.717, 1.165) is 64.2 Å². The molecular weight excluding hydrogens is 591 g/mol. The first-order valence-electron chi connectivity index (χ1n) is 16.1. The van der Waals surface area contributed by atoms with Crippen molar-refractivity contribution < 1.29 is 37.2 Å². The summed E-state index contributed by atoms with van der Waals surface area (Å²) in [7, 11) is -3.89. The Labute approximate surface area is 269 Å². The largest absolute Gasteiger partial charge is 0.647 e. The van der Waals surface area contributed by atoms with Crippen molar-refractivity contribution in [2.75, 3.05) is 13.2 Å². The van der Waals surface area contributed by atoms with Gasteiger partial charge in [0.2, 0.25) is 0 Å². The second kappa shape index (κ2) is 23.6. The molecule has 3 rings (SSSR count). The van der Waals surface area contributed by atoms with Crippen LogP contribution in [0.3, 0.4) is 0 Å². The number of para-hydroxylation sites is 3. The van der Waals surface area contributed by atoms with Crippen LogP contribution >= 0.6 is 7.82 Å². The molecule has 0 heterocycles. The molecule has 0 aromatic heterocycles. The normalized spacial score (nSPS) is 10.6. The lowest BCUT2D eigenvalue weighted by Crippen LogP contribution is -2.07. The van der Waals surface area contributed by atoms with Gasteiger partial charge in [0.15, 0.2) is 0 Å². The fourth-order valence-electron chi connectivity index (χ4n) is 3.94. The van der Waals surface area contributed by atoms with Crippen molar-refractivity contribution in [2.45, 2.75) is 90.9 Å². The highest BCUT2D eigenvalue weighted by atomic mass is 31.2. The molecule has 0 aliphatic heterocycles. The van der Waals surface area contributed by atoms with Crippen LogP contribution in [0.1, 0.15) is 90.9 Å². The summed E-state index contributed by atoms with van der Waals surface area (Å²) < 4.78 is 39.8. The lowest BCUT2D eigenvalue weighted by Gasteiger charge is -2.19. The molecule has 0 saturated heterocycles. The maximum absolute atomic E-state index is 13.1. The van der Waals surface area contributed by atoms with Gasteiger partial charge in [0.1, 0.15) is 17.2 Å². The van der Waals surface area contributed by atoms with Crippen molar-refractivity contribution in [1.29, 1.82) is 0 Å². The molecule has 0 aliphatic rings. The van der Waals surface area contributed by atoms with Gasteiger partial charge in [-0.3, -0.25) is 9.59 Å². The fraction of sp³-hybridized carbons (Fsp3) is 0.444. The van der Waals surface area contributed by atoms with E-state index >= 15 is 0 Å². The Morgan fingerprint density at radius 1 is 0.489 bits per heavy atom. The summed E-state index contributed by atoms with van der Waals surface area (Å²) in [4.78, 5) is 22.7. The van der Waals surface area contributed by atoms with Gasteiger partial charge in [-0.1, -0.05) is 107 Å². The van der Waals surface area contributed by atoms with Crippen LogP contribution in [0.5, 0.6) is 17.2 Å². The molecule has 0 unspecified atom stereocenters. The smallest absolute Gasteiger partial charge is 0.466 e. The maximum atomic E-state index is 13.1. The van der Waals surface area contributed by atoms with Crippen molar-refractivity contribution in [3.63, 3.8) is 0 Å². The fourth-order valence-corrected chi connectivity index (χ4v) is 5.19. The number of hydrogen-bond donors (Lipinski definition) is 0. The van der Waals surface area contributed by atoms with Gasteiger partial charge >= 0.3 is 19.8 Å². The molecule has 246 valence electrons. The van der Waals surface area contributed by atoms with E-state index < -0.39 is 7.82 Å². The van der Waals surface area contributed by atoms with Crippen LogP contribution in [-0.4, -0.2) is 25.2 Å². The molecule has 0 atom stereocenters. The third-order valence-electron chi connectivity index (χ3n) is 6.41. The number of phosphoric acid groups is 1. The van der Waals surface area contributed by atoms with Gasteiger partial charge in [-0.05, 0) is 62.1 Å². The van der Waals surface area contributed by atoms with Crippen molar-refractivity contribution in [1.82, 2.24) is 0 Å². The van der Waals surface area contributed by atoms with Gasteiger partial charge in [0.25, 0.3) is 0 Å². The summed E-state index contributed by atoms with van der Waals surface area (Å²) in [5.41, 5.74) is 0. The zero-order chi connectivity index (χ0) is 32.4. The summed E-state index contributed by atoms with van der Waals surface area (Å²) in [5, 5.41) is 0. The van der Waals surface area contributed by atoms with Crippen molar-refractivity contribution in [3.8, 4) is 17.2 Å². The summed E-state index contributed by atoms with van der Waals surface area (Å²) in [6.07, 6.45) is 11.3. The predicted octanol–water partition coefficient (Wildman–Crippen LogP) is 10.1. The monoisotopic (exact) mass is 640 g/mol. The number of ether oxygens (including phenoxy) is 2. The lowest BCUT2D eigenvalue weighted by molar-refractivity contribution is -0.144. The first kappa shape index (κ1) is 37.4. The SMILES string of the molecule is CCCCOC(=O)CCCCCCCCC(=O)OCCCC.O=P(Oc1ccccc1)(Oc1ccccc1)Oc1ccccc1. The van der Waals surface area contributed by atoms with Crippen molar-refractivity contribution in [3.05, 3.63) is 91.0 Å². The third-order valence-corrected chi connectivity index (χ3v) is 7.72. The second-order valence-electron chi connectivity index (χ2n) is 10.4. The van der Waals surface area contributed by atoms with E-state index in [4.69, 9.17) is 23.0 Å². The molecule has 9 heteroatoms. The van der Waals surface area contributed by atoms with E-state index in [1.165, 1.54) is 0 Å². The van der Waals surface area contributed by atoms with Crippen LogP contribution in [0.2, 0.25) is 0 Å². The average molecular weight is 641 g/mol. The molecular formula is C36H49O8P. The van der Waals surface area contributed by atoms with Crippen LogP contribution in [0.25, 0.3) is 0 Å². The van der Waals surface area contributed by atoms with E-state index in [9.17, 15) is 14.2 Å². The molecule has 0 saturated carbocycles. The third kappa shape index (κ3) is 18.6. The number of carbonyl (C=O) groups is 2. The Balaban J connectivity index is 0.000000314. The molecule has 45 heavy (non-hydrogen) atoms. The highest BCUT2D eigenvalue weighted by molar-refractivity contribution is 7.49. The minimum absolute atomic E-state index is 0.0664. The number of hydrogen-bond acceptors (Lipinski definition) is 8. The standard InChI is InChI=1S/C18H15O4P.C18H34O4/c19-23(20-16-10-4-1-5-11-16,21-17-12-6-2-7-13-17)22-18-14-8-3-9-15-18;1-3-5-15-21-17(19)13-11-9-7-8-10-12-14-18(20)22-16-6-4-2/h1-15H;3-16H2,1-2H3. The maximum Gasteiger partial charge on any atom is 0.647 e. The quantitative estimate of drug-likeness (QED) is 0.0645. The van der Waals surface area contributed by atoms with Gasteiger partial charge < -0.3 is 23.0 Å². The minimum Gasteiger partial charge on any atom is -0.466 e. The first-order chi connectivity index (χ1) is 21.9. The topological polar surface area (TPSA) is 97.4 Å². The highest BCUT2D eigenvalue weighted by Gasteiger charge is 2.33. The molecule has 0 amide bonds. The molecule has 0 N–H and O–H groups in total. The van der Waals surface area contributed by atoms with Crippen LogP contribution in [-0.2, 0) is 23.6 Å². The van der Waals surface area contributed by atoms with Gasteiger partial charge in [-0.25, -0.2) is 0 Å². The number of phosphoric ester groups is 1. The molecule has 3 aromatic rings. The number of esters is 2. The van der Waals surface area contributed by atoms with E-state index in [1.807, 2.05) is 18.2 Å². The Kier molecular flexibility index (Phi) is 19.6.